The minimum Gasteiger partial charge on any atom is -0.356 e. The molecule has 0 bridgehead atoms. The molecule has 0 radical (unpaired) electrons. The average Bonchev–Trinajstić information content (AvgIpc) is 3.46. The van der Waals surface area contributed by atoms with Gasteiger partial charge in [-0.3, -0.25) is 14.4 Å². The molecule has 0 fully saturated rings. The SMILES string of the molecule is Cc1ccc(CNC(=O)[C@@H](NC(=O)[C@@H]2Cc3c([nH]c4ccccc34)C3c4ccccc4C(=O)N32)C(C)C)cc1. The summed E-state index contributed by atoms with van der Waals surface area (Å²) in [5, 5.41) is 7.03. The second-order valence-corrected chi connectivity index (χ2v) is 10.9. The summed E-state index contributed by atoms with van der Waals surface area (Å²) >= 11 is 0. The van der Waals surface area contributed by atoms with Crippen LogP contribution < -0.4 is 10.6 Å². The number of benzene rings is 3. The molecule has 0 spiro atoms. The fourth-order valence-electron chi connectivity index (χ4n) is 5.93. The van der Waals surface area contributed by atoms with Crippen LogP contribution in [0.25, 0.3) is 10.9 Å². The summed E-state index contributed by atoms with van der Waals surface area (Å²) in [7, 11) is 0. The number of nitrogens with one attached hydrogen (secondary N) is 3. The van der Waals surface area contributed by atoms with Crippen LogP contribution in [-0.2, 0) is 22.6 Å². The van der Waals surface area contributed by atoms with Crippen molar-refractivity contribution in [3.63, 3.8) is 0 Å². The largest absolute Gasteiger partial charge is 0.356 e. The zero-order valence-corrected chi connectivity index (χ0v) is 22.3. The van der Waals surface area contributed by atoms with Crippen LogP contribution >= 0.6 is 0 Å². The third-order valence-corrected chi connectivity index (χ3v) is 7.99. The minimum atomic E-state index is -0.743. The molecule has 2 aliphatic heterocycles. The van der Waals surface area contributed by atoms with Crippen molar-refractivity contribution in [3.05, 3.63) is 106 Å². The number of H-pyrrole nitrogens is 1. The Labute approximate surface area is 227 Å². The Kier molecular flexibility index (Phi) is 6.22. The van der Waals surface area contributed by atoms with E-state index in [1.54, 1.807) is 4.90 Å². The van der Waals surface area contributed by atoms with Gasteiger partial charge in [-0.25, -0.2) is 0 Å². The molecule has 6 rings (SSSR count). The number of rotatable bonds is 6. The molecule has 2 aliphatic rings. The molecule has 7 nitrogen and oxygen atoms in total. The molecule has 3 heterocycles. The molecular formula is C32H32N4O3. The molecule has 3 atom stereocenters. The van der Waals surface area contributed by atoms with Gasteiger partial charge >= 0.3 is 0 Å². The van der Waals surface area contributed by atoms with Crippen molar-refractivity contribution in [1.82, 2.24) is 20.5 Å². The van der Waals surface area contributed by atoms with Gasteiger partial charge in [0.05, 0.1) is 6.04 Å². The summed E-state index contributed by atoms with van der Waals surface area (Å²) in [6.45, 7) is 6.22. The van der Waals surface area contributed by atoms with Crippen LogP contribution in [0.2, 0.25) is 0 Å². The number of carbonyl (C=O) groups excluding carboxylic acids is 3. The van der Waals surface area contributed by atoms with Crippen molar-refractivity contribution in [2.24, 2.45) is 5.92 Å². The van der Waals surface area contributed by atoms with E-state index in [-0.39, 0.29) is 29.7 Å². The van der Waals surface area contributed by atoms with E-state index in [0.29, 0.717) is 18.5 Å². The first-order valence-electron chi connectivity index (χ1n) is 13.5. The van der Waals surface area contributed by atoms with E-state index in [1.165, 1.54) is 0 Å². The number of amides is 3. The van der Waals surface area contributed by atoms with E-state index >= 15 is 0 Å². The van der Waals surface area contributed by atoms with E-state index in [2.05, 4.69) is 15.6 Å². The highest BCUT2D eigenvalue weighted by Gasteiger charge is 2.49. The highest BCUT2D eigenvalue weighted by atomic mass is 16.2. The lowest BCUT2D eigenvalue weighted by molar-refractivity contribution is -0.133. The molecule has 7 heteroatoms. The Bertz CT molecular complexity index is 1590. The first-order valence-corrected chi connectivity index (χ1v) is 13.5. The van der Waals surface area contributed by atoms with Gasteiger partial charge in [-0.2, -0.15) is 0 Å². The maximum absolute atomic E-state index is 13.9. The minimum absolute atomic E-state index is 0.138. The van der Waals surface area contributed by atoms with Crippen molar-refractivity contribution < 1.29 is 14.4 Å². The summed E-state index contributed by atoms with van der Waals surface area (Å²) in [5.74, 6) is -0.858. The van der Waals surface area contributed by atoms with Gasteiger partial charge in [0, 0.05) is 35.1 Å². The second-order valence-electron chi connectivity index (χ2n) is 10.9. The number of fused-ring (bicyclic) bond motifs is 7. The third-order valence-electron chi connectivity index (χ3n) is 7.99. The fourth-order valence-corrected chi connectivity index (χ4v) is 5.93. The van der Waals surface area contributed by atoms with E-state index in [1.807, 2.05) is 93.6 Å². The molecule has 3 N–H and O–H groups in total. The zero-order chi connectivity index (χ0) is 27.3. The van der Waals surface area contributed by atoms with E-state index < -0.39 is 12.1 Å². The van der Waals surface area contributed by atoms with Crippen LogP contribution in [0.1, 0.15) is 58.2 Å². The van der Waals surface area contributed by atoms with Gasteiger partial charge in [-0.1, -0.05) is 80.1 Å². The zero-order valence-electron chi connectivity index (χ0n) is 22.3. The summed E-state index contributed by atoms with van der Waals surface area (Å²) < 4.78 is 0. The van der Waals surface area contributed by atoms with Gasteiger partial charge in [0.25, 0.3) is 5.91 Å². The van der Waals surface area contributed by atoms with Crippen LogP contribution in [0, 0.1) is 12.8 Å². The first-order chi connectivity index (χ1) is 18.8. The lowest BCUT2D eigenvalue weighted by Crippen LogP contribution is -2.57. The lowest BCUT2D eigenvalue weighted by atomic mass is 9.89. The number of aromatic nitrogens is 1. The Morgan fingerprint density at radius 1 is 1.00 bits per heavy atom. The second kappa shape index (κ2) is 9.73. The summed E-state index contributed by atoms with van der Waals surface area (Å²) in [6, 6.07) is 21.7. The number of nitrogens with zero attached hydrogens (tertiary/aromatic N) is 1. The first kappa shape index (κ1) is 24.9. The van der Waals surface area contributed by atoms with Crippen molar-refractivity contribution in [2.45, 2.75) is 51.9 Å². The fraction of sp³-hybridized carbons (Fsp3) is 0.281. The smallest absolute Gasteiger partial charge is 0.255 e. The third kappa shape index (κ3) is 4.28. The van der Waals surface area contributed by atoms with Gasteiger partial charge in [0.15, 0.2) is 0 Å². The predicted molar refractivity (Wildman–Crippen MR) is 150 cm³/mol. The Hall–Kier alpha value is -4.39. The van der Waals surface area contributed by atoms with Gasteiger partial charge in [0.1, 0.15) is 12.1 Å². The number of carbonyl (C=O) groups is 3. The number of hydrogen-bond acceptors (Lipinski definition) is 3. The molecule has 4 aromatic rings. The number of hydrogen-bond donors (Lipinski definition) is 3. The predicted octanol–water partition coefficient (Wildman–Crippen LogP) is 4.40. The van der Waals surface area contributed by atoms with E-state index in [4.69, 9.17) is 0 Å². The quantitative estimate of drug-likeness (QED) is 0.352. The molecule has 3 amide bonds. The monoisotopic (exact) mass is 520 g/mol. The molecule has 1 unspecified atom stereocenters. The maximum Gasteiger partial charge on any atom is 0.255 e. The highest BCUT2D eigenvalue weighted by Crippen LogP contribution is 2.46. The van der Waals surface area contributed by atoms with Crippen molar-refractivity contribution in [1.29, 1.82) is 0 Å². The lowest BCUT2D eigenvalue weighted by Gasteiger charge is -2.38. The Morgan fingerprint density at radius 3 is 2.49 bits per heavy atom. The van der Waals surface area contributed by atoms with Crippen LogP contribution in [0.15, 0.2) is 72.8 Å². The van der Waals surface area contributed by atoms with Crippen molar-refractivity contribution >= 4 is 28.6 Å². The van der Waals surface area contributed by atoms with Crippen molar-refractivity contribution in [3.8, 4) is 0 Å². The van der Waals surface area contributed by atoms with Crippen LogP contribution in [0.4, 0.5) is 0 Å². The molecule has 39 heavy (non-hydrogen) atoms. The number of para-hydroxylation sites is 1. The van der Waals surface area contributed by atoms with E-state index in [0.717, 1.165) is 38.9 Å². The molecule has 1 aromatic heterocycles. The van der Waals surface area contributed by atoms with Crippen molar-refractivity contribution in [2.75, 3.05) is 0 Å². The van der Waals surface area contributed by atoms with Crippen LogP contribution in [-0.4, -0.2) is 39.7 Å². The summed E-state index contributed by atoms with van der Waals surface area (Å²) in [4.78, 5) is 46.1. The standard InChI is InChI=1S/C32H32N4O3/c1-18(2)27(31(38)33-17-20-14-12-19(3)13-15-20)35-30(37)26-16-24-21-8-6-7-11-25(21)34-28(24)29-22-9-4-5-10-23(22)32(39)36(26)29/h4-15,18,26-27,29,34H,16-17H2,1-3H3,(H,33,38)(H,35,37)/t26-,27-,29?/m0/s1. The van der Waals surface area contributed by atoms with Gasteiger partial charge in [-0.05, 0) is 41.7 Å². The van der Waals surface area contributed by atoms with E-state index in [9.17, 15) is 14.4 Å². The molecule has 3 aromatic carbocycles. The van der Waals surface area contributed by atoms with Crippen LogP contribution in [0.3, 0.4) is 0 Å². The normalized spacial score (nSPS) is 18.5. The van der Waals surface area contributed by atoms with Crippen LogP contribution in [0.5, 0.6) is 0 Å². The molecule has 0 aliphatic carbocycles. The van der Waals surface area contributed by atoms with Gasteiger partial charge in [0.2, 0.25) is 11.8 Å². The number of aromatic amines is 1. The molecule has 0 saturated heterocycles. The molecular weight excluding hydrogens is 488 g/mol. The Morgan fingerprint density at radius 2 is 1.72 bits per heavy atom. The summed E-state index contributed by atoms with van der Waals surface area (Å²) in [6.07, 6.45) is 0.372. The Balaban J connectivity index is 1.30. The maximum atomic E-state index is 13.9. The topological polar surface area (TPSA) is 94.3 Å². The molecule has 198 valence electrons. The van der Waals surface area contributed by atoms with Gasteiger partial charge in [-0.15, -0.1) is 0 Å². The average molecular weight is 521 g/mol. The molecule has 0 saturated carbocycles. The highest BCUT2D eigenvalue weighted by molar-refractivity contribution is 6.04. The summed E-state index contributed by atoms with van der Waals surface area (Å²) in [5.41, 5.74) is 6.63. The number of aryl methyl sites for hydroxylation is 1. The van der Waals surface area contributed by atoms with Gasteiger partial charge < -0.3 is 20.5 Å².